The quantitative estimate of drug-likeness (QED) is 0.581. The van der Waals surface area contributed by atoms with Crippen LogP contribution in [0, 0.1) is 13.8 Å². The molecule has 30 heavy (non-hydrogen) atoms. The van der Waals surface area contributed by atoms with Crippen LogP contribution in [0.4, 0.5) is 10.5 Å². The van der Waals surface area contributed by atoms with E-state index in [2.05, 4.69) is 5.32 Å². The molecule has 1 fully saturated rings. The van der Waals surface area contributed by atoms with Crippen LogP contribution in [0.1, 0.15) is 23.6 Å². The number of barbiturate groups is 1. The number of benzene rings is 2. The average molecular weight is 408 g/mol. The zero-order chi connectivity index (χ0) is 22.0. The molecule has 0 radical (unpaired) electrons. The summed E-state index contributed by atoms with van der Waals surface area (Å²) in [5.41, 5.74) is 2.06. The molecule has 3 rings (SSSR count). The number of anilines is 1. The molecule has 2 aromatic carbocycles. The highest BCUT2D eigenvalue weighted by molar-refractivity contribution is 6.39. The maximum Gasteiger partial charge on any atom is 0.344 e. The van der Waals surface area contributed by atoms with Crippen LogP contribution in [0.25, 0.3) is 6.08 Å². The third-order valence-corrected chi connectivity index (χ3v) is 4.79. The third kappa shape index (κ3) is 3.93. The standard InChI is InChI=1S/C22H20N2O6/c1-12-7-6-9-17(13(12)2)24-20(26)16(19(25)23-22(24)29)11-15-8-4-5-10-18(15)30-14(3)21(27)28/h4-11,14H,1-3H3,(H,27,28)(H,23,25,29)/b16-11+/t14-/m1/s1. The number of carbonyl (C=O) groups is 4. The largest absolute Gasteiger partial charge is 0.479 e. The first-order valence-corrected chi connectivity index (χ1v) is 9.17. The van der Waals surface area contributed by atoms with Crippen LogP contribution in [-0.2, 0) is 14.4 Å². The Morgan fingerprint density at radius 1 is 1.10 bits per heavy atom. The lowest BCUT2D eigenvalue weighted by molar-refractivity contribution is -0.144. The molecule has 4 amide bonds. The van der Waals surface area contributed by atoms with E-state index in [1.54, 1.807) is 37.3 Å². The van der Waals surface area contributed by atoms with E-state index in [1.165, 1.54) is 19.1 Å². The Bertz CT molecular complexity index is 1090. The predicted molar refractivity (Wildman–Crippen MR) is 109 cm³/mol. The van der Waals surface area contributed by atoms with Crippen molar-refractivity contribution in [2.24, 2.45) is 0 Å². The fourth-order valence-corrected chi connectivity index (χ4v) is 2.96. The van der Waals surface area contributed by atoms with Crippen molar-refractivity contribution in [2.45, 2.75) is 26.9 Å². The van der Waals surface area contributed by atoms with Gasteiger partial charge in [0.15, 0.2) is 6.10 Å². The summed E-state index contributed by atoms with van der Waals surface area (Å²) >= 11 is 0. The van der Waals surface area contributed by atoms with Gasteiger partial charge in [-0.05, 0) is 50.1 Å². The Kier molecular flexibility index (Phi) is 5.68. The second-order valence-corrected chi connectivity index (χ2v) is 6.81. The first kappa shape index (κ1) is 20.8. The molecule has 1 aliphatic rings. The highest BCUT2D eigenvalue weighted by Crippen LogP contribution is 2.28. The Morgan fingerprint density at radius 3 is 2.50 bits per heavy atom. The fraction of sp³-hybridized carbons (Fsp3) is 0.182. The van der Waals surface area contributed by atoms with Gasteiger partial charge < -0.3 is 9.84 Å². The van der Waals surface area contributed by atoms with Gasteiger partial charge in [-0.3, -0.25) is 14.9 Å². The number of urea groups is 1. The Hall–Kier alpha value is -3.94. The first-order valence-electron chi connectivity index (χ1n) is 9.17. The molecule has 0 aliphatic carbocycles. The van der Waals surface area contributed by atoms with E-state index in [9.17, 15) is 19.2 Å². The smallest absolute Gasteiger partial charge is 0.344 e. The van der Waals surface area contributed by atoms with Crippen LogP contribution >= 0.6 is 0 Å². The molecule has 0 spiro atoms. The van der Waals surface area contributed by atoms with Gasteiger partial charge in [-0.2, -0.15) is 0 Å². The molecule has 0 saturated carbocycles. The minimum atomic E-state index is -1.16. The molecule has 0 aromatic heterocycles. The van der Waals surface area contributed by atoms with Crippen molar-refractivity contribution in [1.29, 1.82) is 0 Å². The van der Waals surface area contributed by atoms with E-state index in [1.807, 2.05) is 13.0 Å². The fourth-order valence-electron chi connectivity index (χ4n) is 2.96. The minimum absolute atomic E-state index is 0.190. The number of rotatable bonds is 5. The number of ether oxygens (including phenoxy) is 1. The van der Waals surface area contributed by atoms with E-state index in [4.69, 9.17) is 9.84 Å². The highest BCUT2D eigenvalue weighted by atomic mass is 16.5. The number of imide groups is 2. The van der Waals surface area contributed by atoms with Gasteiger partial charge in [0.1, 0.15) is 11.3 Å². The number of para-hydroxylation sites is 1. The number of carboxylic acids is 1. The predicted octanol–water partition coefficient (Wildman–Crippen LogP) is 2.82. The minimum Gasteiger partial charge on any atom is -0.479 e. The molecule has 1 heterocycles. The number of nitrogens with zero attached hydrogens (tertiary/aromatic N) is 1. The van der Waals surface area contributed by atoms with Crippen molar-refractivity contribution < 1.29 is 29.0 Å². The van der Waals surface area contributed by atoms with E-state index < -0.39 is 29.9 Å². The number of hydrogen-bond donors (Lipinski definition) is 2. The van der Waals surface area contributed by atoms with Gasteiger partial charge in [0.2, 0.25) is 0 Å². The lowest BCUT2D eigenvalue weighted by Crippen LogP contribution is -2.54. The molecule has 1 aliphatic heterocycles. The molecular weight excluding hydrogens is 388 g/mol. The number of nitrogens with one attached hydrogen (secondary N) is 1. The van der Waals surface area contributed by atoms with Gasteiger partial charge >= 0.3 is 12.0 Å². The van der Waals surface area contributed by atoms with Gasteiger partial charge in [0.05, 0.1) is 5.69 Å². The van der Waals surface area contributed by atoms with Crippen LogP contribution in [-0.4, -0.2) is 35.0 Å². The molecule has 2 N–H and O–H groups in total. The number of aliphatic carboxylic acids is 1. The molecule has 0 unspecified atom stereocenters. The average Bonchev–Trinajstić information content (AvgIpc) is 2.69. The molecule has 2 aromatic rings. The van der Waals surface area contributed by atoms with E-state index in [0.29, 0.717) is 11.3 Å². The van der Waals surface area contributed by atoms with Crippen LogP contribution in [0.2, 0.25) is 0 Å². The van der Waals surface area contributed by atoms with Crippen molar-refractivity contribution >= 4 is 35.6 Å². The summed E-state index contributed by atoms with van der Waals surface area (Å²) in [5.74, 6) is -2.59. The monoisotopic (exact) mass is 408 g/mol. The number of hydrogen-bond acceptors (Lipinski definition) is 5. The van der Waals surface area contributed by atoms with Gasteiger partial charge in [-0.25, -0.2) is 14.5 Å². The summed E-state index contributed by atoms with van der Waals surface area (Å²) in [6.45, 7) is 5.00. The molecule has 1 atom stereocenters. The van der Waals surface area contributed by atoms with Crippen molar-refractivity contribution in [1.82, 2.24) is 5.32 Å². The topological polar surface area (TPSA) is 113 Å². The summed E-state index contributed by atoms with van der Waals surface area (Å²) in [5, 5.41) is 11.3. The maximum absolute atomic E-state index is 13.1. The number of carbonyl (C=O) groups excluding carboxylic acids is 3. The Balaban J connectivity index is 2.04. The van der Waals surface area contributed by atoms with Crippen molar-refractivity contribution in [3.05, 3.63) is 64.7 Å². The normalized spacial score (nSPS) is 16.4. The Morgan fingerprint density at radius 2 is 1.80 bits per heavy atom. The van der Waals surface area contributed by atoms with Crippen LogP contribution in [0.5, 0.6) is 5.75 Å². The zero-order valence-corrected chi connectivity index (χ0v) is 16.6. The van der Waals surface area contributed by atoms with Crippen LogP contribution < -0.4 is 15.0 Å². The van der Waals surface area contributed by atoms with Gasteiger partial charge in [0, 0.05) is 5.56 Å². The second-order valence-electron chi connectivity index (χ2n) is 6.81. The number of carboxylic acid groups (broad SMARTS) is 1. The highest BCUT2D eigenvalue weighted by Gasteiger charge is 2.37. The van der Waals surface area contributed by atoms with Gasteiger partial charge in [-0.1, -0.05) is 30.3 Å². The summed E-state index contributed by atoms with van der Waals surface area (Å²) < 4.78 is 5.42. The summed E-state index contributed by atoms with van der Waals surface area (Å²) in [6, 6.07) is 10.8. The van der Waals surface area contributed by atoms with Crippen molar-refractivity contribution in [3.63, 3.8) is 0 Å². The zero-order valence-electron chi connectivity index (χ0n) is 16.6. The molecule has 0 bridgehead atoms. The molecular formula is C22H20N2O6. The van der Waals surface area contributed by atoms with Crippen LogP contribution in [0.3, 0.4) is 0 Å². The number of aryl methyl sites for hydroxylation is 1. The summed E-state index contributed by atoms with van der Waals surface area (Å²) in [6.07, 6.45) is 0.153. The van der Waals surface area contributed by atoms with E-state index in [-0.39, 0.29) is 11.3 Å². The van der Waals surface area contributed by atoms with E-state index in [0.717, 1.165) is 16.0 Å². The molecule has 8 heteroatoms. The Labute approximate surface area is 172 Å². The van der Waals surface area contributed by atoms with Crippen molar-refractivity contribution in [3.8, 4) is 5.75 Å². The first-order chi connectivity index (χ1) is 14.2. The van der Waals surface area contributed by atoms with E-state index >= 15 is 0 Å². The van der Waals surface area contributed by atoms with Gasteiger partial charge in [-0.15, -0.1) is 0 Å². The summed E-state index contributed by atoms with van der Waals surface area (Å²) in [7, 11) is 0. The second kappa shape index (κ2) is 8.20. The molecule has 154 valence electrons. The SMILES string of the molecule is Cc1cccc(N2C(=O)NC(=O)/C(=C\c3ccccc3O[C@H](C)C(=O)O)C2=O)c1C. The third-order valence-electron chi connectivity index (χ3n) is 4.79. The molecule has 1 saturated heterocycles. The van der Waals surface area contributed by atoms with Crippen molar-refractivity contribution in [2.75, 3.05) is 4.90 Å². The number of amides is 4. The lowest BCUT2D eigenvalue weighted by Gasteiger charge is -2.28. The van der Waals surface area contributed by atoms with Gasteiger partial charge in [0.25, 0.3) is 11.8 Å². The lowest BCUT2D eigenvalue weighted by atomic mass is 10.0. The maximum atomic E-state index is 13.1. The van der Waals surface area contributed by atoms with Crippen LogP contribution in [0.15, 0.2) is 48.0 Å². The summed E-state index contributed by atoms with van der Waals surface area (Å²) in [4.78, 5) is 49.9. The molecule has 8 nitrogen and oxygen atoms in total.